The van der Waals surface area contributed by atoms with Crippen molar-refractivity contribution in [2.24, 2.45) is 0 Å². The van der Waals surface area contributed by atoms with Crippen LogP contribution in [0.5, 0.6) is 17.2 Å². The second-order valence-corrected chi connectivity index (χ2v) is 11.6. The standard InChI is InChI=1S/C32H33N3O4S.C2H6/c1-20-17-25(10-7-22(20)19-35-15-3-4-16-35)39-30-26-12-11-24(38-2)18-28(26)40-31(30)21-5-8-23(9-6-21)33-32(37)27-13-14-29(36)34-27;1-2/h5-12,17-18,27H,3-4,13-16,19H2,1-2H3,(H,33,37)(H,34,36);1-2H3. The highest BCUT2D eigenvalue weighted by molar-refractivity contribution is 7.22. The van der Waals surface area contributed by atoms with Crippen molar-refractivity contribution in [3.05, 3.63) is 71.8 Å². The zero-order chi connectivity index (χ0) is 29.6. The number of hydrogen-bond acceptors (Lipinski definition) is 6. The van der Waals surface area contributed by atoms with Gasteiger partial charge in [0.15, 0.2) is 5.75 Å². The van der Waals surface area contributed by atoms with Crippen LogP contribution >= 0.6 is 11.3 Å². The average molecular weight is 586 g/mol. The fourth-order valence-electron chi connectivity index (χ4n) is 5.43. The zero-order valence-electron chi connectivity index (χ0n) is 24.8. The molecule has 4 aromatic rings. The first-order valence-electron chi connectivity index (χ1n) is 14.8. The number of carbonyl (C=O) groups is 2. The Hall–Kier alpha value is -3.88. The number of anilines is 1. The molecule has 0 saturated carbocycles. The summed E-state index contributed by atoms with van der Waals surface area (Å²) >= 11 is 1.65. The molecule has 0 bridgehead atoms. The van der Waals surface area contributed by atoms with Crippen molar-refractivity contribution >= 4 is 38.9 Å². The van der Waals surface area contributed by atoms with Crippen LogP contribution < -0.4 is 20.1 Å². The summed E-state index contributed by atoms with van der Waals surface area (Å²) in [6, 6.07) is 19.7. The van der Waals surface area contributed by atoms with Gasteiger partial charge in [-0.15, -0.1) is 11.3 Å². The van der Waals surface area contributed by atoms with E-state index in [0.29, 0.717) is 18.5 Å². The molecule has 6 rings (SSSR count). The van der Waals surface area contributed by atoms with Crippen LogP contribution in [0.25, 0.3) is 20.5 Å². The Balaban J connectivity index is 0.00000173. The Kier molecular flexibility index (Phi) is 9.45. The van der Waals surface area contributed by atoms with Crippen molar-refractivity contribution in [2.45, 2.75) is 59.0 Å². The van der Waals surface area contributed by atoms with E-state index in [1.807, 2.05) is 56.3 Å². The molecule has 42 heavy (non-hydrogen) atoms. The van der Waals surface area contributed by atoms with Crippen molar-refractivity contribution in [1.82, 2.24) is 10.2 Å². The van der Waals surface area contributed by atoms with E-state index in [9.17, 15) is 9.59 Å². The first-order chi connectivity index (χ1) is 20.5. The minimum absolute atomic E-state index is 0.0826. The third kappa shape index (κ3) is 6.61. The third-order valence-corrected chi connectivity index (χ3v) is 8.89. The Morgan fingerprint density at radius 3 is 2.43 bits per heavy atom. The molecule has 2 aliphatic rings. The largest absolute Gasteiger partial charge is 0.497 e. The molecule has 7 nitrogen and oxygen atoms in total. The van der Waals surface area contributed by atoms with Crippen molar-refractivity contribution in [3.63, 3.8) is 0 Å². The zero-order valence-corrected chi connectivity index (χ0v) is 25.6. The number of ether oxygens (including phenoxy) is 2. The van der Waals surface area contributed by atoms with Crippen molar-refractivity contribution in [3.8, 4) is 27.7 Å². The number of aryl methyl sites for hydroxylation is 1. The lowest BCUT2D eigenvalue weighted by atomic mass is 10.1. The van der Waals surface area contributed by atoms with Crippen LogP contribution in [0.4, 0.5) is 5.69 Å². The van der Waals surface area contributed by atoms with Gasteiger partial charge in [0.05, 0.1) is 12.0 Å². The van der Waals surface area contributed by atoms with Gasteiger partial charge in [0.2, 0.25) is 11.8 Å². The fraction of sp³-hybridized carbons (Fsp3) is 0.353. The highest BCUT2D eigenvalue weighted by Gasteiger charge is 2.27. The quantitative estimate of drug-likeness (QED) is 0.224. The van der Waals surface area contributed by atoms with E-state index in [0.717, 1.165) is 44.3 Å². The molecule has 1 aromatic heterocycles. The molecule has 220 valence electrons. The molecular weight excluding hydrogens is 546 g/mol. The maximum absolute atomic E-state index is 12.5. The molecule has 2 aliphatic heterocycles. The van der Waals surface area contributed by atoms with Crippen LogP contribution in [0.3, 0.4) is 0 Å². The molecule has 1 unspecified atom stereocenters. The van der Waals surface area contributed by atoms with Crippen LogP contribution in [-0.2, 0) is 16.1 Å². The molecule has 0 aliphatic carbocycles. The van der Waals surface area contributed by atoms with Crippen LogP contribution in [0, 0.1) is 6.92 Å². The van der Waals surface area contributed by atoms with Gasteiger partial charge in [-0.25, -0.2) is 0 Å². The maximum Gasteiger partial charge on any atom is 0.246 e. The van der Waals surface area contributed by atoms with Gasteiger partial charge in [-0.05, 0) is 98.4 Å². The molecule has 8 heteroatoms. The van der Waals surface area contributed by atoms with Gasteiger partial charge in [-0.2, -0.15) is 0 Å². The average Bonchev–Trinajstić information content (AvgIpc) is 3.76. The fourth-order valence-corrected chi connectivity index (χ4v) is 6.59. The van der Waals surface area contributed by atoms with Crippen LogP contribution in [0.2, 0.25) is 0 Å². The summed E-state index contributed by atoms with van der Waals surface area (Å²) in [4.78, 5) is 27.5. The predicted octanol–water partition coefficient (Wildman–Crippen LogP) is 7.52. The summed E-state index contributed by atoms with van der Waals surface area (Å²) in [6.45, 7) is 9.48. The summed E-state index contributed by atoms with van der Waals surface area (Å²) < 4.78 is 13.2. The molecule has 2 N–H and O–H groups in total. The summed E-state index contributed by atoms with van der Waals surface area (Å²) in [5, 5.41) is 6.65. The number of methoxy groups -OCH3 is 1. The van der Waals surface area contributed by atoms with E-state index >= 15 is 0 Å². The van der Waals surface area contributed by atoms with E-state index in [1.54, 1.807) is 18.4 Å². The Bertz CT molecular complexity index is 1560. The lowest BCUT2D eigenvalue weighted by Gasteiger charge is -2.17. The van der Waals surface area contributed by atoms with Gasteiger partial charge in [-0.1, -0.05) is 32.0 Å². The van der Waals surface area contributed by atoms with Gasteiger partial charge < -0.3 is 20.1 Å². The van der Waals surface area contributed by atoms with Crippen molar-refractivity contribution < 1.29 is 19.1 Å². The number of thiophene rings is 1. The van der Waals surface area contributed by atoms with Crippen LogP contribution in [-0.4, -0.2) is 43.0 Å². The van der Waals surface area contributed by atoms with E-state index in [4.69, 9.17) is 9.47 Å². The number of nitrogens with zero attached hydrogens (tertiary/aromatic N) is 1. The molecule has 3 heterocycles. The highest BCUT2D eigenvalue weighted by atomic mass is 32.1. The first-order valence-corrected chi connectivity index (χ1v) is 15.6. The summed E-state index contributed by atoms with van der Waals surface area (Å²) in [5.41, 5.74) is 4.24. The van der Waals surface area contributed by atoms with Crippen molar-refractivity contribution in [2.75, 3.05) is 25.5 Å². The Labute approximate surface area is 251 Å². The number of rotatable bonds is 8. The van der Waals surface area contributed by atoms with Gasteiger partial charge in [-0.3, -0.25) is 14.5 Å². The number of fused-ring (bicyclic) bond motifs is 1. The molecule has 2 amide bonds. The van der Waals surface area contributed by atoms with E-state index in [-0.39, 0.29) is 11.8 Å². The summed E-state index contributed by atoms with van der Waals surface area (Å²) in [6.07, 6.45) is 3.47. The van der Waals surface area contributed by atoms with Crippen molar-refractivity contribution in [1.29, 1.82) is 0 Å². The van der Waals surface area contributed by atoms with Gasteiger partial charge in [0, 0.05) is 28.7 Å². The lowest BCUT2D eigenvalue weighted by Crippen LogP contribution is -2.37. The van der Waals surface area contributed by atoms with E-state index in [1.165, 1.54) is 37.1 Å². The number of likely N-dealkylation sites (tertiary alicyclic amines) is 1. The minimum Gasteiger partial charge on any atom is -0.497 e. The molecule has 0 radical (unpaired) electrons. The summed E-state index contributed by atoms with van der Waals surface area (Å²) in [7, 11) is 1.67. The molecule has 2 fully saturated rings. The number of amides is 2. The van der Waals surface area contributed by atoms with Gasteiger partial charge >= 0.3 is 0 Å². The second-order valence-electron chi connectivity index (χ2n) is 10.5. The number of carbonyl (C=O) groups excluding carboxylic acids is 2. The number of benzene rings is 3. The number of nitrogens with one attached hydrogen (secondary N) is 2. The highest BCUT2D eigenvalue weighted by Crippen LogP contribution is 2.47. The topological polar surface area (TPSA) is 79.9 Å². The molecule has 0 spiro atoms. The first kappa shape index (κ1) is 29.6. The van der Waals surface area contributed by atoms with Crippen LogP contribution in [0.1, 0.15) is 50.7 Å². The smallest absolute Gasteiger partial charge is 0.246 e. The number of hydrogen-bond donors (Lipinski definition) is 2. The third-order valence-electron chi connectivity index (χ3n) is 7.70. The second kappa shape index (κ2) is 13.4. The predicted molar refractivity (Wildman–Crippen MR) is 171 cm³/mol. The molecule has 1 atom stereocenters. The summed E-state index contributed by atoms with van der Waals surface area (Å²) in [5.74, 6) is 2.13. The van der Waals surface area contributed by atoms with E-state index < -0.39 is 6.04 Å². The minimum atomic E-state index is -0.477. The maximum atomic E-state index is 12.5. The molecule has 3 aromatic carbocycles. The van der Waals surface area contributed by atoms with Gasteiger partial charge in [0.25, 0.3) is 0 Å². The van der Waals surface area contributed by atoms with Crippen LogP contribution in [0.15, 0.2) is 60.7 Å². The SMILES string of the molecule is CC.COc1ccc2c(Oc3ccc(CN4CCCC4)c(C)c3)c(-c3ccc(NC(=O)C4CCC(=O)N4)cc3)sc2c1. The monoisotopic (exact) mass is 585 g/mol. The molecule has 2 saturated heterocycles. The Morgan fingerprint density at radius 1 is 1.02 bits per heavy atom. The lowest BCUT2D eigenvalue weighted by molar-refractivity contribution is -0.122. The normalized spacial score (nSPS) is 16.6. The van der Waals surface area contributed by atoms with E-state index in [2.05, 4.69) is 40.7 Å². The molecular formula is C34H39N3O4S. The van der Waals surface area contributed by atoms with Gasteiger partial charge in [0.1, 0.15) is 17.5 Å². The Morgan fingerprint density at radius 2 is 1.76 bits per heavy atom.